The molecular formula is C16H21NO3S. The van der Waals surface area contributed by atoms with Gasteiger partial charge < -0.3 is 14.4 Å². The lowest BCUT2D eigenvalue weighted by molar-refractivity contribution is -0.186. The van der Waals surface area contributed by atoms with Crippen LogP contribution in [0.1, 0.15) is 18.4 Å². The quantitative estimate of drug-likeness (QED) is 0.804. The van der Waals surface area contributed by atoms with Crippen molar-refractivity contribution in [3.05, 3.63) is 29.8 Å². The largest absolute Gasteiger partial charge is 0.347 e. The zero-order valence-electron chi connectivity index (χ0n) is 12.3. The van der Waals surface area contributed by atoms with Crippen LogP contribution in [0.4, 0.5) is 0 Å². The molecule has 2 aliphatic heterocycles. The van der Waals surface area contributed by atoms with Gasteiger partial charge in [0.1, 0.15) is 0 Å². The number of carbonyl (C=O) groups excluding carboxylic acids is 1. The predicted octanol–water partition coefficient (Wildman–Crippen LogP) is 2.45. The first-order chi connectivity index (χ1) is 10.2. The van der Waals surface area contributed by atoms with Crippen LogP contribution in [0.5, 0.6) is 0 Å². The summed E-state index contributed by atoms with van der Waals surface area (Å²) >= 11 is 1.62. The minimum atomic E-state index is -0.403. The maximum atomic E-state index is 12.3. The SMILES string of the molecule is Cc1ccccc1SCC(=O)N1CCC2(CC1)OCCO2. The topological polar surface area (TPSA) is 38.8 Å². The highest BCUT2D eigenvalue weighted by Gasteiger charge is 2.40. The molecule has 0 unspecified atom stereocenters. The van der Waals surface area contributed by atoms with Gasteiger partial charge in [-0.25, -0.2) is 0 Å². The van der Waals surface area contributed by atoms with Crippen molar-refractivity contribution in [3.8, 4) is 0 Å². The van der Waals surface area contributed by atoms with Gasteiger partial charge in [0.05, 0.1) is 19.0 Å². The molecule has 1 aromatic carbocycles. The molecule has 1 spiro atoms. The predicted molar refractivity (Wildman–Crippen MR) is 82.4 cm³/mol. The summed E-state index contributed by atoms with van der Waals surface area (Å²) in [7, 11) is 0. The van der Waals surface area contributed by atoms with Crippen LogP contribution in [0.3, 0.4) is 0 Å². The number of piperidine rings is 1. The molecule has 3 rings (SSSR count). The molecule has 0 radical (unpaired) electrons. The summed E-state index contributed by atoms with van der Waals surface area (Å²) in [5.74, 6) is 0.301. The second-order valence-corrected chi connectivity index (χ2v) is 6.56. The van der Waals surface area contributed by atoms with E-state index < -0.39 is 5.79 Å². The molecule has 0 aliphatic carbocycles. The number of amides is 1. The zero-order chi connectivity index (χ0) is 14.7. The van der Waals surface area contributed by atoms with E-state index in [4.69, 9.17) is 9.47 Å². The molecule has 0 N–H and O–H groups in total. The minimum Gasteiger partial charge on any atom is -0.347 e. The number of ether oxygens (including phenoxy) is 2. The zero-order valence-corrected chi connectivity index (χ0v) is 13.2. The number of benzene rings is 1. The molecule has 0 atom stereocenters. The van der Waals surface area contributed by atoms with E-state index in [1.54, 1.807) is 11.8 Å². The van der Waals surface area contributed by atoms with Crippen LogP contribution in [0, 0.1) is 6.92 Å². The second kappa shape index (κ2) is 6.38. The first kappa shape index (κ1) is 14.9. The van der Waals surface area contributed by atoms with Crippen LogP contribution in [-0.2, 0) is 14.3 Å². The summed E-state index contributed by atoms with van der Waals surface area (Å²) in [5.41, 5.74) is 1.22. The number of rotatable bonds is 3. The van der Waals surface area contributed by atoms with E-state index in [1.807, 2.05) is 17.0 Å². The summed E-state index contributed by atoms with van der Waals surface area (Å²) in [4.78, 5) is 15.4. The third-order valence-corrected chi connectivity index (χ3v) is 5.30. The highest BCUT2D eigenvalue weighted by molar-refractivity contribution is 8.00. The van der Waals surface area contributed by atoms with Crippen LogP contribution in [0.25, 0.3) is 0 Å². The van der Waals surface area contributed by atoms with Gasteiger partial charge in [-0.05, 0) is 18.6 Å². The summed E-state index contributed by atoms with van der Waals surface area (Å²) in [6.07, 6.45) is 1.57. The van der Waals surface area contributed by atoms with Gasteiger partial charge in [0.25, 0.3) is 0 Å². The van der Waals surface area contributed by atoms with Crippen molar-refractivity contribution in [1.82, 2.24) is 4.90 Å². The Labute approximate surface area is 129 Å². The lowest BCUT2D eigenvalue weighted by atomic mass is 10.0. The average Bonchev–Trinajstić information content (AvgIpc) is 2.95. The maximum Gasteiger partial charge on any atom is 0.232 e. The first-order valence-electron chi connectivity index (χ1n) is 7.43. The Morgan fingerprint density at radius 1 is 1.24 bits per heavy atom. The van der Waals surface area contributed by atoms with Crippen molar-refractivity contribution in [2.75, 3.05) is 32.1 Å². The molecule has 1 amide bonds. The molecule has 2 aliphatic rings. The first-order valence-corrected chi connectivity index (χ1v) is 8.41. The fraction of sp³-hybridized carbons (Fsp3) is 0.562. The number of hydrogen-bond acceptors (Lipinski definition) is 4. The number of nitrogens with zero attached hydrogens (tertiary/aromatic N) is 1. The minimum absolute atomic E-state index is 0.205. The van der Waals surface area contributed by atoms with Crippen LogP contribution in [-0.4, -0.2) is 48.7 Å². The van der Waals surface area contributed by atoms with Crippen molar-refractivity contribution in [3.63, 3.8) is 0 Å². The molecule has 5 heteroatoms. The summed E-state index contributed by atoms with van der Waals surface area (Å²) in [6.45, 7) is 4.89. The van der Waals surface area contributed by atoms with Gasteiger partial charge in [-0.15, -0.1) is 11.8 Å². The van der Waals surface area contributed by atoms with Crippen molar-refractivity contribution in [2.24, 2.45) is 0 Å². The second-order valence-electron chi connectivity index (χ2n) is 5.54. The highest BCUT2D eigenvalue weighted by Crippen LogP contribution is 2.31. The smallest absolute Gasteiger partial charge is 0.232 e. The number of carbonyl (C=O) groups is 1. The van der Waals surface area contributed by atoms with E-state index in [2.05, 4.69) is 19.1 Å². The molecule has 0 saturated carbocycles. The monoisotopic (exact) mass is 307 g/mol. The van der Waals surface area contributed by atoms with Crippen LogP contribution < -0.4 is 0 Å². The van der Waals surface area contributed by atoms with E-state index in [9.17, 15) is 4.79 Å². The molecule has 114 valence electrons. The normalized spacial score (nSPS) is 20.9. The summed E-state index contributed by atoms with van der Waals surface area (Å²) < 4.78 is 11.4. The fourth-order valence-electron chi connectivity index (χ4n) is 2.83. The Bertz CT molecular complexity index is 504. The Morgan fingerprint density at radius 3 is 2.57 bits per heavy atom. The number of aryl methyl sites for hydroxylation is 1. The van der Waals surface area contributed by atoms with E-state index in [0.29, 0.717) is 19.0 Å². The highest BCUT2D eigenvalue weighted by atomic mass is 32.2. The maximum absolute atomic E-state index is 12.3. The van der Waals surface area contributed by atoms with Gasteiger partial charge in [-0.1, -0.05) is 18.2 Å². The average molecular weight is 307 g/mol. The molecule has 1 aromatic rings. The van der Waals surface area contributed by atoms with E-state index in [0.717, 1.165) is 25.9 Å². The molecule has 2 heterocycles. The molecule has 2 fully saturated rings. The molecule has 0 bridgehead atoms. The molecule has 2 saturated heterocycles. The van der Waals surface area contributed by atoms with Crippen molar-refractivity contribution in [1.29, 1.82) is 0 Å². The van der Waals surface area contributed by atoms with Crippen molar-refractivity contribution < 1.29 is 14.3 Å². The van der Waals surface area contributed by atoms with Crippen molar-refractivity contribution in [2.45, 2.75) is 30.4 Å². The third kappa shape index (κ3) is 3.42. The van der Waals surface area contributed by atoms with Crippen molar-refractivity contribution >= 4 is 17.7 Å². The van der Waals surface area contributed by atoms with Gasteiger partial charge >= 0.3 is 0 Å². The van der Waals surface area contributed by atoms with Gasteiger partial charge in [-0.3, -0.25) is 4.79 Å². The summed E-state index contributed by atoms with van der Waals surface area (Å²) in [5, 5.41) is 0. The number of thioether (sulfide) groups is 1. The standard InChI is InChI=1S/C16H21NO3S/c1-13-4-2-3-5-14(13)21-12-15(18)17-8-6-16(7-9-17)19-10-11-20-16/h2-5H,6-12H2,1H3. The summed E-state index contributed by atoms with van der Waals surface area (Å²) in [6, 6.07) is 8.18. The Morgan fingerprint density at radius 2 is 1.90 bits per heavy atom. The fourth-order valence-corrected chi connectivity index (χ4v) is 3.76. The lowest BCUT2D eigenvalue weighted by Crippen LogP contribution is -2.47. The van der Waals surface area contributed by atoms with E-state index in [-0.39, 0.29) is 5.91 Å². The Hall–Kier alpha value is -1.04. The van der Waals surface area contributed by atoms with Crippen LogP contribution in [0.15, 0.2) is 29.2 Å². The molecule has 0 aromatic heterocycles. The van der Waals surface area contributed by atoms with Gasteiger partial charge in [0, 0.05) is 30.8 Å². The van der Waals surface area contributed by atoms with Gasteiger partial charge in [-0.2, -0.15) is 0 Å². The molecule has 4 nitrogen and oxygen atoms in total. The Balaban J connectivity index is 1.49. The molecule has 21 heavy (non-hydrogen) atoms. The van der Waals surface area contributed by atoms with Gasteiger partial charge in [0.15, 0.2) is 5.79 Å². The van der Waals surface area contributed by atoms with E-state index in [1.165, 1.54) is 10.5 Å². The third-order valence-electron chi connectivity index (χ3n) is 4.14. The van der Waals surface area contributed by atoms with Gasteiger partial charge in [0.2, 0.25) is 5.91 Å². The van der Waals surface area contributed by atoms with Crippen LogP contribution >= 0.6 is 11.8 Å². The Kier molecular flexibility index (Phi) is 4.52. The van der Waals surface area contributed by atoms with E-state index >= 15 is 0 Å². The van der Waals surface area contributed by atoms with Crippen LogP contribution in [0.2, 0.25) is 0 Å². The molecular weight excluding hydrogens is 286 g/mol. The number of likely N-dealkylation sites (tertiary alicyclic amines) is 1. The number of hydrogen-bond donors (Lipinski definition) is 0. The lowest BCUT2D eigenvalue weighted by Gasteiger charge is -2.37.